The van der Waals surface area contributed by atoms with Gasteiger partial charge in [-0.15, -0.1) is 0 Å². The van der Waals surface area contributed by atoms with Gasteiger partial charge in [-0.05, 0) is 49.8 Å². The zero-order valence-corrected chi connectivity index (χ0v) is 24.1. The summed E-state index contributed by atoms with van der Waals surface area (Å²) in [5.41, 5.74) is 0.859. The third-order valence-corrected chi connectivity index (χ3v) is 10.6. The fraction of sp³-hybridized carbons (Fsp3) is 0.621. The van der Waals surface area contributed by atoms with Crippen LogP contribution in [0.2, 0.25) is 0 Å². The van der Waals surface area contributed by atoms with Gasteiger partial charge in [-0.2, -0.15) is 0 Å². The van der Waals surface area contributed by atoms with E-state index in [1.165, 1.54) is 81.6 Å². The van der Waals surface area contributed by atoms with Gasteiger partial charge in [0.05, 0.1) is 49.5 Å². The molecule has 2 N–H and O–H groups in total. The summed E-state index contributed by atoms with van der Waals surface area (Å²) in [6, 6.07) is 6.95. The largest absolute Gasteiger partial charge is 0.351 e. The van der Waals surface area contributed by atoms with E-state index in [2.05, 4.69) is 20.6 Å². The van der Waals surface area contributed by atoms with Gasteiger partial charge in [0.25, 0.3) is 0 Å². The lowest BCUT2D eigenvalue weighted by molar-refractivity contribution is -0.936. The van der Waals surface area contributed by atoms with Gasteiger partial charge in [0.1, 0.15) is 4.90 Å². The number of aromatic nitrogens is 2. The van der Waals surface area contributed by atoms with Crippen LogP contribution in [0.15, 0.2) is 46.5 Å². The Hall–Kier alpha value is -2.56. The van der Waals surface area contributed by atoms with Gasteiger partial charge in [-0.25, -0.2) is 18.4 Å². The van der Waals surface area contributed by atoms with Gasteiger partial charge in [-0.3, -0.25) is 4.79 Å². The molecule has 0 saturated carbocycles. The molecular weight excluding hydrogens is 512 g/mol. The van der Waals surface area contributed by atoms with Crippen LogP contribution in [0.4, 0.5) is 5.95 Å². The van der Waals surface area contributed by atoms with E-state index < -0.39 is 9.84 Å². The van der Waals surface area contributed by atoms with Crippen LogP contribution < -0.4 is 15.5 Å². The highest BCUT2D eigenvalue weighted by molar-refractivity contribution is 7.91. The van der Waals surface area contributed by atoms with Gasteiger partial charge in [0.15, 0.2) is 0 Å². The van der Waals surface area contributed by atoms with Gasteiger partial charge in [0.2, 0.25) is 21.7 Å². The number of piperidine rings is 1. The molecule has 2 aromatic rings. The fourth-order valence-corrected chi connectivity index (χ4v) is 7.82. The van der Waals surface area contributed by atoms with Gasteiger partial charge < -0.3 is 20.0 Å². The Morgan fingerprint density at radius 1 is 0.974 bits per heavy atom. The smallest absolute Gasteiger partial charge is 0.237 e. The summed E-state index contributed by atoms with van der Waals surface area (Å²) in [6.07, 6.45) is 12.9. The van der Waals surface area contributed by atoms with Crippen molar-refractivity contribution in [2.45, 2.75) is 79.8 Å². The van der Waals surface area contributed by atoms with Crippen LogP contribution in [-0.4, -0.2) is 81.1 Å². The van der Waals surface area contributed by atoms with Crippen LogP contribution in [0, 0.1) is 5.92 Å². The molecule has 3 aliphatic rings. The van der Waals surface area contributed by atoms with E-state index in [0.29, 0.717) is 24.5 Å². The van der Waals surface area contributed by atoms with Crippen molar-refractivity contribution in [2.24, 2.45) is 5.92 Å². The zero-order chi connectivity index (χ0) is 27.5. The monoisotopic (exact) mass is 555 g/mol. The molecule has 9 nitrogen and oxygen atoms in total. The van der Waals surface area contributed by atoms with E-state index >= 15 is 0 Å². The molecule has 39 heavy (non-hydrogen) atoms. The number of rotatable bonds is 6. The molecule has 3 unspecified atom stereocenters. The third kappa shape index (κ3) is 6.44. The number of nitrogens with one attached hydrogen (secondary N) is 2. The maximum Gasteiger partial charge on any atom is 0.237 e. The molecule has 3 atom stereocenters. The van der Waals surface area contributed by atoms with Crippen molar-refractivity contribution >= 4 is 21.7 Å². The molecule has 10 heteroatoms. The lowest BCUT2D eigenvalue weighted by atomic mass is 9.89. The molecule has 3 fully saturated rings. The zero-order valence-electron chi connectivity index (χ0n) is 23.3. The van der Waals surface area contributed by atoms with Crippen molar-refractivity contribution in [3.05, 3.63) is 42.2 Å². The van der Waals surface area contributed by atoms with Gasteiger partial charge >= 0.3 is 0 Å². The average molecular weight is 556 g/mol. The molecule has 212 valence electrons. The van der Waals surface area contributed by atoms with E-state index in [0.717, 1.165) is 18.4 Å². The first kappa shape index (κ1) is 28.0. The molecule has 0 radical (unpaired) electrons. The fourth-order valence-electron chi connectivity index (χ4n) is 6.67. The highest BCUT2D eigenvalue weighted by atomic mass is 32.2. The van der Waals surface area contributed by atoms with Crippen LogP contribution in [0.1, 0.15) is 56.9 Å². The van der Waals surface area contributed by atoms with Crippen LogP contribution in [-0.2, 0) is 21.2 Å². The van der Waals surface area contributed by atoms with E-state index in [4.69, 9.17) is 0 Å². The van der Waals surface area contributed by atoms with Crippen molar-refractivity contribution in [3.63, 3.8) is 0 Å². The summed E-state index contributed by atoms with van der Waals surface area (Å²) in [5.74, 6) is 1.05. The van der Waals surface area contributed by atoms with Crippen molar-refractivity contribution in [1.29, 1.82) is 0 Å². The number of benzene rings is 1. The lowest BCUT2D eigenvalue weighted by Crippen LogP contribution is -2.59. The molecule has 0 aliphatic carbocycles. The Morgan fingerprint density at radius 2 is 1.62 bits per heavy atom. The van der Waals surface area contributed by atoms with Crippen molar-refractivity contribution in [1.82, 2.24) is 20.6 Å². The normalized spacial score (nSPS) is 25.2. The van der Waals surface area contributed by atoms with Crippen molar-refractivity contribution in [3.8, 4) is 0 Å². The summed E-state index contributed by atoms with van der Waals surface area (Å²) in [7, 11) is -0.121. The summed E-state index contributed by atoms with van der Waals surface area (Å²) in [4.78, 5) is 23.3. The topological polar surface area (TPSA) is 104 Å². The first-order chi connectivity index (χ1) is 18.8. The van der Waals surface area contributed by atoms with E-state index in [1.807, 2.05) is 0 Å². The average Bonchev–Trinajstić information content (AvgIpc) is 3.40. The molecule has 1 aromatic carbocycles. The summed E-state index contributed by atoms with van der Waals surface area (Å²) in [6.45, 7) is 5.43. The second kappa shape index (κ2) is 11.9. The molecule has 1 aromatic heterocycles. The Morgan fingerprint density at radius 3 is 2.26 bits per heavy atom. The standard InChI is InChI=1S/C29H42N6O3S/c1-34(2)29-31-19-25(20-32-29)39(37,38)24-11-9-22(10-12-24)18-30-28(36)27-17-23-21-35(16-13-26(23)33-27)14-7-5-3-4-6-8-15-35/h9-12,19-20,23,26-27,33H,3-8,13-18,21H2,1-2H3/p+1. The molecule has 3 saturated heterocycles. The van der Waals surface area contributed by atoms with E-state index in [9.17, 15) is 13.2 Å². The molecule has 1 amide bonds. The second-order valence-corrected chi connectivity index (χ2v) is 13.9. The number of amides is 1. The molecule has 5 rings (SSSR count). The summed E-state index contributed by atoms with van der Waals surface area (Å²) >= 11 is 0. The number of quaternary nitrogens is 1. The van der Waals surface area contributed by atoms with Gasteiger partial charge in [-0.1, -0.05) is 25.0 Å². The SMILES string of the molecule is CN(C)c1ncc(S(=O)(=O)c2ccc(CNC(=O)C3CC4C[N+]5(CCCCCCCC5)CCC4N3)cc2)cn1. The number of fused-ring (bicyclic) bond motifs is 1. The minimum absolute atomic E-state index is 0.0373. The first-order valence-electron chi connectivity index (χ1n) is 14.5. The summed E-state index contributed by atoms with van der Waals surface area (Å²) < 4.78 is 27.2. The van der Waals surface area contributed by atoms with E-state index in [1.54, 1.807) is 43.3 Å². The van der Waals surface area contributed by atoms with Crippen molar-refractivity contribution < 1.29 is 17.7 Å². The van der Waals surface area contributed by atoms with Crippen molar-refractivity contribution in [2.75, 3.05) is 45.2 Å². The number of hydrogen-bond acceptors (Lipinski definition) is 7. The van der Waals surface area contributed by atoms with Crippen LogP contribution in [0.5, 0.6) is 0 Å². The maximum atomic E-state index is 13.1. The highest BCUT2D eigenvalue weighted by Crippen LogP contribution is 2.34. The van der Waals surface area contributed by atoms with Crippen LogP contribution in [0.25, 0.3) is 0 Å². The minimum Gasteiger partial charge on any atom is -0.351 e. The molecule has 3 aliphatic heterocycles. The predicted octanol–water partition coefficient (Wildman–Crippen LogP) is 2.91. The molecule has 0 bridgehead atoms. The molecule has 4 heterocycles. The Kier molecular flexibility index (Phi) is 8.54. The Labute approximate surface area is 232 Å². The lowest BCUT2D eigenvalue weighted by Gasteiger charge is -2.46. The van der Waals surface area contributed by atoms with Crippen LogP contribution in [0.3, 0.4) is 0 Å². The number of sulfone groups is 1. The number of carbonyl (C=O) groups excluding carboxylic acids is 1. The predicted molar refractivity (Wildman–Crippen MR) is 151 cm³/mol. The third-order valence-electron chi connectivity index (χ3n) is 8.92. The summed E-state index contributed by atoms with van der Waals surface area (Å²) in [5, 5.41) is 6.71. The number of carbonyl (C=O) groups is 1. The number of nitrogens with zero attached hydrogens (tertiary/aromatic N) is 4. The van der Waals surface area contributed by atoms with E-state index in [-0.39, 0.29) is 21.7 Å². The number of hydrogen-bond donors (Lipinski definition) is 2. The number of anilines is 1. The quantitative estimate of drug-likeness (QED) is 0.528. The Bertz CT molecular complexity index is 1220. The van der Waals surface area contributed by atoms with Gasteiger partial charge in [0, 0.05) is 39.0 Å². The second-order valence-electron chi connectivity index (χ2n) is 11.9. The highest BCUT2D eigenvalue weighted by Gasteiger charge is 2.46. The Balaban J connectivity index is 1.14. The maximum absolute atomic E-state index is 13.1. The first-order valence-corrected chi connectivity index (χ1v) is 16.0. The molecule has 1 spiro atoms. The minimum atomic E-state index is -3.72. The molecular formula is C29H43N6O3S+. The van der Waals surface area contributed by atoms with Crippen LogP contribution >= 0.6 is 0 Å².